The first-order valence-corrected chi connectivity index (χ1v) is 5.84. The summed E-state index contributed by atoms with van der Waals surface area (Å²) >= 11 is 0. The third-order valence-corrected chi connectivity index (χ3v) is 3.04. The van der Waals surface area contributed by atoms with Gasteiger partial charge in [-0.05, 0) is 42.2 Å². The number of nitro groups is 1. The number of non-ortho nitro benzene ring substituents is 1. The second-order valence-electron chi connectivity index (χ2n) is 4.45. The average molecular weight is 255 g/mol. The summed E-state index contributed by atoms with van der Waals surface area (Å²) in [7, 11) is 0. The molecule has 0 radical (unpaired) electrons. The van der Waals surface area contributed by atoms with E-state index in [9.17, 15) is 14.9 Å². The van der Waals surface area contributed by atoms with Crippen molar-refractivity contribution < 1.29 is 9.72 Å². The summed E-state index contributed by atoms with van der Waals surface area (Å²) < 4.78 is 0. The molecular weight excluding hydrogens is 242 g/mol. The van der Waals surface area contributed by atoms with Crippen molar-refractivity contribution in [1.82, 2.24) is 0 Å². The molecule has 2 aromatic rings. The predicted molar refractivity (Wildman–Crippen MR) is 73.4 cm³/mol. The summed E-state index contributed by atoms with van der Waals surface area (Å²) in [5.74, 6) is 0. The molecule has 0 atom stereocenters. The molecule has 2 rings (SSSR count). The van der Waals surface area contributed by atoms with Crippen LogP contribution in [0, 0.1) is 24.0 Å². The Morgan fingerprint density at radius 1 is 1.11 bits per heavy atom. The fourth-order valence-electron chi connectivity index (χ4n) is 2.27. The second-order valence-corrected chi connectivity index (χ2v) is 4.45. The molecule has 4 nitrogen and oxygen atoms in total. The van der Waals surface area contributed by atoms with Crippen molar-refractivity contribution in [3.63, 3.8) is 0 Å². The van der Waals surface area contributed by atoms with Gasteiger partial charge in [-0.25, -0.2) is 0 Å². The Balaban J connectivity index is 2.62. The zero-order valence-corrected chi connectivity index (χ0v) is 10.7. The summed E-state index contributed by atoms with van der Waals surface area (Å²) in [6, 6.07) is 10.3. The van der Waals surface area contributed by atoms with Gasteiger partial charge in [-0.15, -0.1) is 0 Å². The molecule has 0 bridgehead atoms. The van der Waals surface area contributed by atoms with Gasteiger partial charge in [-0.3, -0.25) is 14.9 Å². The molecule has 0 N–H and O–H groups in total. The molecule has 96 valence electrons. The fourth-order valence-corrected chi connectivity index (χ4v) is 2.27. The summed E-state index contributed by atoms with van der Waals surface area (Å²) in [5.41, 5.74) is 4.17. The molecule has 0 heterocycles. The number of hydrogen-bond donors (Lipinski definition) is 0. The molecule has 0 fully saturated rings. The minimum absolute atomic E-state index is 0.0882. The Morgan fingerprint density at radius 2 is 1.74 bits per heavy atom. The molecule has 0 spiro atoms. The minimum atomic E-state index is -0.397. The van der Waals surface area contributed by atoms with Gasteiger partial charge in [0.2, 0.25) is 0 Å². The molecule has 0 aliphatic carbocycles. The van der Waals surface area contributed by atoms with Crippen LogP contribution in [0.4, 0.5) is 5.69 Å². The first kappa shape index (κ1) is 13.0. The molecule has 0 aliphatic heterocycles. The molecule has 4 heteroatoms. The highest BCUT2D eigenvalue weighted by Gasteiger charge is 2.13. The topological polar surface area (TPSA) is 60.2 Å². The van der Waals surface area contributed by atoms with Crippen molar-refractivity contribution in [1.29, 1.82) is 0 Å². The zero-order chi connectivity index (χ0) is 14.0. The number of nitro benzene ring substituents is 1. The van der Waals surface area contributed by atoms with Gasteiger partial charge in [-0.1, -0.05) is 18.2 Å². The van der Waals surface area contributed by atoms with Crippen LogP contribution < -0.4 is 0 Å². The normalized spacial score (nSPS) is 10.2. The summed E-state index contributed by atoms with van der Waals surface area (Å²) in [4.78, 5) is 21.2. The van der Waals surface area contributed by atoms with E-state index in [1.54, 1.807) is 30.3 Å². The van der Waals surface area contributed by atoms with Crippen LogP contribution >= 0.6 is 0 Å². The van der Waals surface area contributed by atoms with Crippen molar-refractivity contribution in [2.45, 2.75) is 13.8 Å². The lowest BCUT2D eigenvalue weighted by Crippen LogP contribution is -1.94. The highest BCUT2D eigenvalue weighted by atomic mass is 16.6. The van der Waals surface area contributed by atoms with E-state index in [0.29, 0.717) is 5.56 Å². The molecule has 0 aliphatic rings. The molecule has 2 aromatic carbocycles. The molecule has 0 amide bonds. The van der Waals surface area contributed by atoms with E-state index in [4.69, 9.17) is 0 Å². The fraction of sp³-hybridized carbons (Fsp3) is 0.133. The van der Waals surface area contributed by atoms with Crippen LogP contribution in [0.2, 0.25) is 0 Å². The predicted octanol–water partition coefficient (Wildman–Crippen LogP) is 3.69. The largest absolute Gasteiger partial charge is 0.298 e. The first-order valence-electron chi connectivity index (χ1n) is 5.84. The lowest BCUT2D eigenvalue weighted by atomic mass is 9.94. The van der Waals surface area contributed by atoms with Gasteiger partial charge >= 0.3 is 0 Å². The van der Waals surface area contributed by atoms with E-state index in [0.717, 1.165) is 28.5 Å². The van der Waals surface area contributed by atoms with Crippen LogP contribution in [0.1, 0.15) is 21.5 Å². The van der Waals surface area contributed by atoms with Crippen LogP contribution in [0.25, 0.3) is 11.1 Å². The number of carbonyl (C=O) groups is 1. The Morgan fingerprint density at radius 3 is 2.26 bits per heavy atom. The van der Waals surface area contributed by atoms with Gasteiger partial charge in [0, 0.05) is 17.7 Å². The number of hydrogen-bond acceptors (Lipinski definition) is 3. The number of rotatable bonds is 3. The van der Waals surface area contributed by atoms with Crippen LogP contribution in [-0.2, 0) is 0 Å². The van der Waals surface area contributed by atoms with Gasteiger partial charge in [-0.2, -0.15) is 0 Å². The van der Waals surface area contributed by atoms with E-state index < -0.39 is 4.92 Å². The molecule has 0 saturated heterocycles. The van der Waals surface area contributed by atoms with Crippen LogP contribution in [0.5, 0.6) is 0 Å². The summed E-state index contributed by atoms with van der Waals surface area (Å²) in [5, 5.41) is 10.8. The number of aldehydes is 1. The van der Waals surface area contributed by atoms with E-state index in [1.165, 1.54) is 0 Å². The van der Waals surface area contributed by atoms with Crippen LogP contribution in [-0.4, -0.2) is 11.2 Å². The number of nitrogens with zero attached hydrogens (tertiary/aromatic N) is 1. The summed E-state index contributed by atoms with van der Waals surface area (Å²) in [6.07, 6.45) is 0.791. The Kier molecular flexibility index (Phi) is 3.42. The molecule has 0 aromatic heterocycles. The average Bonchev–Trinajstić information content (AvgIpc) is 2.38. The van der Waals surface area contributed by atoms with Crippen LogP contribution in [0.3, 0.4) is 0 Å². The smallest absolute Gasteiger partial charge is 0.269 e. The molecular formula is C15H13NO3. The second kappa shape index (κ2) is 5.02. The van der Waals surface area contributed by atoms with E-state index >= 15 is 0 Å². The van der Waals surface area contributed by atoms with Gasteiger partial charge in [0.05, 0.1) is 4.92 Å². The van der Waals surface area contributed by atoms with Crippen molar-refractivity contribution in [3.8, 4) is 11.1 Å². The highest BCUT2D eigenvalue weighted by Crippen LogP contribution is 2.31. The van der Waals surface area contributed by atoms with Crippen LogP contribution in [0.15, 0.2) is 36.4 Å². The highest BCUT2D eigenvalue weighted by molar-refractivity contribution is 5.81. The standard InChI is InChI=1S/C15H13NO3/c1-10-6-14(16(18)19)7-11(2)15(10)13-5-3-4-12(8-13)9-17/h3-9H,1-2H3. The van der Waals surface area contributed by atoms with Gasteiger partial charge < -0.3 is 0 Å². The van der Waals surface area contributed by atoms with Gasteiger partial charge in [0.15, 0.2) is 0 Å². The SMILES string of the molecule is Cc1cc([N+](=O)[O-])cc(C)c1-c1cccc(C=O)c1. The summed E-state index contributed by atoms with van der Waals surface area (Å²) in [6.45, 7) is 3.67. The lowest BCUT2D eigenvalue weighted by Gasteiger charge is -2.10. The third kappa shape index (κ3) is 2.52. The first-order chi connectivity index (χ1) is 9.02. The number of carbonyl (C=O) groups excluding carboxylic acids is 1. The van der Waals surface area contributed by atoms with E-state index in [1.807, 2.05) is 19.9 Å². The molecule has 0 unspecified atom stereocenters. The monoisotopic (exact) mass is 255 g/mol. The van der Waals surface area contributed by atoms with Gasteiger partial charge in [0.25, 0.3) is 5.69 Å². The maximum absolute atomic E-state index is 10.8. The number of aryl methyl sites for hydroxylation is 2. The van der Waals surface area contributed by atoms with E-state index in [2.05, 4.69) is 0 Å². The molecule has 0 saturated carbocycles. The van der Waals surface area contributed by atoms with Gasteiger partial charge in [0.1, 0.15) is 6.29 Å². The van der Waals surface area contributed by atoms with E-state index in [-0.39, 0.29) is 5.69 Å². The van der Waals surface area contributed by atoms with Crippen molar-refractivity contribution in [3.05, 3.63) is 63.2 Å². The quantitative estimate of drug-likeness (QED) is 0.477. The van der Waals surface area contributed by atoms with Crippen molar-refractivity contribution in [2.24, 2.45) is 0 Å². The van der Waals surface area contributed by atoms with Crippen molar-refractivity contribution >= 4 is 12.0 Å². The number of benzene rings is 2. The van der Waals surface area contributed by atoms with Crippen molar-refractivity contribution in [2.75, 3.05) is 0 Å². The zero-order valence-electron chi connectivity index (χ0n) is 10.7. The molecule has 19 heavy (non-hydrogen) atoms. The lowest BCUT2D eigenvalue weighted by molar-refractivity contribution is -0.384. The Labute approximate surface area is 110 Å². The maximum Gasteiger partial charge on any atom is 0.269 e. The Bertz CT molecular complexity index is 639. The minimum Gasteiger partial charge on any atom is -0.298 e. The third-order valence-electron chi connectivity index (χ3n) is 3.04. The Hall–Kier alpha value is -2.49. The maximum atomic E-state index is 10.8.